The van der Waals surface area contributed by atoms with Crippen molar-refractivity contribution in [3.8, 4) is 10.6 Å². The maximum Gasteiger partial charge on any atom is 0.255 e. The highest BCUT2D eigenvalue weighted by Crippen LogP contribution is 2.24. The molecule has 1 fully saturated rings. The number of hydrogen-bond donors (Lipinski definition) is 0. The van der Waals surface area contributed by atoms with Gasteiger partial charge in [-0.3, -0.25) is 9.59 Å². The van der Waals surface area contributed by atoms with Crippen molar-refractivity contribution in [2.24, 2.45) is 0 Å². The van der Waals surface area contributed by atoms with Gasteiger partial charge in [-0.05, 0) is 18.2 Å². The Morgan fingerprint density at radius 1 is 1.03 bits per heavy atom. The predicted octanol–water partition coefficient (Wildman–Crippen LogP) is 4.13. The molecule has 1 aliphatic heterocycles. The van der Waals surface area contributed by atoms with E-state index in [0.717, 1.165) is 22.3 Å². The summed E-state index contributed by atoms with van der Waals surface area (Å²) in [6.45, 7) is 1.70. The van der Waals surface area contributed by atoms with Crippen LogP contribution in [0.3, 0.4) is 0 Å². The summed E-state index contributed by atoms with van der Waals surface area (Å²) in [7, 11) is 0. The fraction of sp³-hybridized carbons (Fsp3) is 0.227. The first-order valence-corrected chi connectivity index (χ1v) is 10.8. The highest BCUT2D eigenvalue weighted by molar-refractivity contribution is 7.13. The number of carbonyl (C=O) groups is 2. The molecular formula is C22H19ClFN3O2S. The van der Waals surface area contributed by atoms with E-state index in [2.05, 4.69) is 4.98 Å². The van der Waals surface area contributed by atoms with E-state index in [-0.39, 0.29) is 28.8 Å². The molecule has 1 aromatic heterocycles. The largest absolute Gasteiger partial charge is 0.339 e. The Bertz CT molecular complexity index is 1070. The number of amides is 2. The summed E-state index contributed by atoms with van der Waals surface area (Å²) in [5, 5.41) is 2.90. The molecule has 1 aliphatic rings. The van der Waals surface area contributed by atoms with Crippen LogP contribution in [-0.2, 0) is 11.2 Å². The lowest BCUT2D eigenvalue weighted by atomic mass is 10.1. The van der Waals surface area contributed by atoms with Crippen molar-refractivity contribution < 1.29 is 14.0 Å². The first-order valence-electron chi connectivity index (χ1n) is 9.53. The molecule has 2 amide bonds. The van der Waals surface area contributed by atoms with E-state index in [9.17, 15) is 14.0 Å². The lowest BCUT2D eigenvalue weighted by molar-refractivity contribution is -0.132. The molecule has 1 saturated heterocycles. The van der Waals surface area contributed by atoms with Gasteiger partial charge in [-0.15, -0.1) is 11.3 Å². The Morgan fingerprint density at radius 2 is 1.73 bits per heavy atom. The van der Waals surface area contributed by atoms with Crippen LogP contribution >= 0.6 is 22.9 Å². The smallest absolute Gasteiger partial charge is 0.255 e. The quantitative estimate of drug-likeness (QED) is 0.609. The predicted molar refractivity (Wildman–Crippen MR) is 115 cm³/mol. The zero-order valence-electron chi connectivity index (χ0n) is 16.1. The van der Waals surface area contributed by atoms with E-state index < -0.39 is 5.82 Å². The standard InChI is InChI=1S/C22H19ClFN3O2S/c23-19-12-16(24)6-7-18(19)22(29)27-10-8-26(9-11-27)20(28)13-17-14-30-21(25-17)15-4-2-1-3-5-15/h1-7,12,14H,8-11,13H2. The van der Waals surface area contributed by atoms with E-state index in [0.29, 0.717) is 26.2 Å². The second-order valence-electron chi connectivity index (χ2n) is 6.98. The van der Waals surface area contributed by atoms with Gasteiger partial charge in [0.25, 0.3) is 5.91 Å². The Labute approximate surface area is 182 Å². The van der Waals surface area contributed by atoms with Gasteiger partial charge in [-0.25, -0.2) is 9.37 Å². The number of thiazole rings is 1. The molecule has 2 aromatic carbocycles. The molecule has 0 aliphatic carbocycles. The summed E-state index contributed by atoms with van der Waals surface area (Å²) in [6.07, 6.45) is 0.237. The van der Waals surface area contributed by atoms with Crippen LogP contribution in [0, 0.1) is 5.82 Å². The van der Waals surface area contributed by atoms with Gasteiger partial charge < -0.3 is 9.80 Å². The van der Waals surface area contributed by atoms with E-state index in [1.165, 1.54) is 23.5 Å². The lowest BCUT2D eigenvalue weighted by Gasteiger charge is -2.35. The minimum absolute atomic E-state index is 0.00757. The number of hydrogen-bond acceptors (Lipinski definition) is 4. The molecule has 0 N–H and O–H groups in total. The second-order valence-corrected chi connectivity index (χ2v) is 8.25. The van der Waals surface area contributed by atoms with Crippen LogP contribution in [-0.4, -0.2) is 52.8 Å². The summed E-state index contributed by atoms with van der Waals surface area (Å²) < 4.78 is 13.2. The number of rotatable bonds is 4. The SMILES string of the molecule is O=C(Cc1csc(-c2ccccc2)n1)N1CCN(C(=O)c2ccc(F)cc2Cl)CC1. The molecule has 0 unspecified atom stereocenters. The number of piperazine rings is 1. The van der Waals surface area contributed by atoms with E-state index in [1.54, 1.807) is 9.80 Å². The van der Waals surface area contributed by atoms with Gasteiger partial charge in [0, 0.05) is 37.1 Å². The molecule has 5 nitrogen and oxygen atoms in total. The maximum atomic E-state index is 13.2. The number of benzene rings is 2. The third-order valence-electron chi connectivity index (χ3n) is 4.99. The number of halogens is 2. The van der Waals surface area contributed by atoms with Crippen molar-refractivity contribution in [3.05, 3.63) is 76.0 Å². The van der Waals surface area contributed by atoms with Crippen LogP contribution in [0.5, 0.6) is 0 Å². The minimum atomic E-state index is -0.482. The van der Waals surface area contributed by atoms with Crippen LogP contribution in [0.2, 0.25) is 5.02 Å². The summed E-state index contributed by atoms with van der Waals surface area (Å²) in [5.41, 5.74) is 2.06. The molecule has 3 aromatic rings. The van der Waals surface area contributed by atoms with Crippen molar-refractivity contribution >= 4 is 34.8 Å². The van der Waals surface area contributed by atoms with Crippen LogP contribution in [0.25, 0.3) is 10.6 Å². The van der Waals surface area contributed by atoms with Crippen LogP contribution < -0.4 is 0 Å². The van der Waals surface area contributed by atoms with Crippen molar-refractivity contribution in [1.29, 1.82) is 0 Å². The molecule has 0 spiro atoms. The molecule has 0 radical (unpaired) electrons. The molecule has 0 bridgehead atoms. The highest BCUT2D eigenvalue weighted by atomic mass is 35.5. The fourth-order valence-corrected chi connectivity index (χ4v) is 4.43. The zero-order valence-corrected chi connectivity index (χ0v) is 17.6. The zero-order chi connectivity index (χ0) is 21.1. The molecule has 0 atom stereocenters. The van der Waals surface area contributed by atoms with Gasteiger partial charge in [0.15, 0.2) is 0 Å². The average molecular weight is 444 g/mol. The third-order valence-corrected chi connectivity index (χ3v) is 6.24. The average Bonchev–Trinajstić information content (AvgIpc) is 3.22. The van der Waals surface area contributed by atoms with Gasteiger partial charge in [-0.1, -0.05) is 41.9 Å². The van der Waals surface area contributed by atoms with Gasteiger partial charge in [0.2, 0.25) is 5.91 Å². The number of carbonyl (C=O) groups excluding carboxylic acids is 2. The molecule has 30 heavy (non-hydrogen) atoms. The Balaban J connectivity index is 1.33. The van der Waals surface area contributed by atoms with Crippen molar-refractivity contribution in [2.75, 3.05) is 26.2 Å². The maximum absolute atomic E-state index is 13.2. The third kappa shape index (κ3) is 4.52. The van der Waals surface area contributed by atoms with Crippen molar-refractivity contribution in [1.82, 2.24) is 14.8 Å². The van der Waals surface area contributed by atoms with Crippen LogP contribution in [0.1, 0.15) is 16.1 Å². The van der Waals surface area contributed by atoms with E-state index in [4.69, 9.17) is 11.6 Å². The summed E-state index contributed by atoms with van der Waals surface area (Å²) in [4.78, 5) is 33.3. The summed E-state index contributed by atoms with van der Waals surface area (Å²) >= 11 is 7.52. The van der Waals surface area contributed by atoms with Crippen LogP contribution in [0.4, 0.5) is 4.39 Å². The Kier molecular flexibility index (Phi) is 6.11. The normalized spacial score (nSPS) is 14.1. The highest BCUT2D eigenvalue weighted by Gasteiger charge is 2.26. The molecule has 0 saturated carbocycles. The van der Waals surface area contributed by atoms with Crippen molar-refractivity contribution in [3.63, 3.8) is 0 Å². The monoisotopic (exact) mass is 443 g/mol. The molecular weight excluding hydrogens is 425 g/mol. The Hall–Kier alpha value is -2.77. The molecule has 154 valence electrons. The first-order chi connectivity index (χ1) is 14.5. The fourth-order valence-electron chi connectivity index (χ4n) is 3.36. The van der Waals surface area contributed by atoms with Crippen LogP contribution in [0.15, 0.2) is 53.9 Å². The minimum Gasteiger partial charge on any atom is -0.339 e. The number of nitrogens with zero attached hydrogens (tertiary/aromatic N) is 3. The topological polar surface area (TPSA) is 53.5 Å². The lowest BCUT2D eigenvalue weighted by Crippen LogP contribution is -2.51. The van der Waals surface area contributed by atoms with Gasteiger partial charge in [-0.2, -0.15) is 0 Å². The molecule has 2 heterocycles. The Morgan fingerprint density at radius 3 is 2.43 bits per heavy atom. The van der Waals surface area contributed by atoms with Gasteiger partial charge in [0.1, 0.15) is 10.8 Å². The van der Waals surface area contributed by atoms with Gasteiger partial charge >= 0.3 is 0 Å². The summed E-state index contributed by atoms with van der Waals surface area (Å²) in [5.74, 6) is -0.740. The van der Waals surface area contributed by atoms with E-state index in [1.807, 2.05) is 35.7 Å². The number of aromatic nitrogens is 1. The first kappa shape index (κ1) is 20.5. The summed E-state index contributed by atoms with van der Waals surface area (Å²) in [6, 6.07) is 13.6. The van der Waals surface area contributed by atoms with E-state index >= 15 is 0 Å². The molecule has 8 heteroatoms. The van der Waals surface area contributed by atoms with Crippen molar-refractivity contribution in [2.45, 2.75) is 6.42 Å². The van der Waals surface area contributed by atoms with Gasteiger partial charge in [0.05, 0.1) is 22.7 Å². The molecule has 4 rings (SSSR count). The second kappa shape index (κ2) is 8.93.